The maximum Gasteiger partial charge on any atom is 0.153 e. The molecule has 2 heterocycles. The summed E-state index contributed by atoms with van der Waals surface area (Å²) >= 11 is 0. The van der Waals surface area contributed by atoms with Gasteiger partial charge in [0, 0.05) is 13.0 Å². The summed E-state index contributed by atoms with van der Waals surface area (Å²) in [5.41, 5.74) is 0.464. The van der Waals surface area contributed by atoms with E-state index in [9.17, 15) is 0 Å². The average Bonchev–Trinajstić information content (AvgIpc) is 3.14. The van der Waals surface area contributed by atoms with Gasteiger partial charge in [0.25, 0.3) is 0 Å². The zero-order valence-corrected chi connectivity index (χ0v) is 13.4. The van der Waals surface area contributed by atoms with Crippen molar-refractivity contribution in [3.05, 3.63) is 18.5 Å². The fraction of sp³-hybridized carbons (Fsp3) is 0.812. The lowest BCUT2D eigenvalue weighted by Gasteiger charge is -2.56. The third-order valence-electron chi connectivity index (χ3n) is 6.29. The van der Waals surface area contributed by atoms with E-state index in [2.05, 4.69) is 30.3 Å². The van der Waals surface area contributed by atoms with Gasteiger partial charge in [0.2, 0.25) is 0 Å². The van der Waals surface area contributed by atoms with Gasteiger partial charge >= 0.3 is 0 Å². The second-order valence-corrected chi connectivity index (χ2v) is 8.08. The molecule has 6 rings (SSSR count). The third-order valence-corrected chi connectivity index (χ3v) is 6.29. The predicted molar refractivity (Wildman–Crippen MR) is 82.1 cm³/mol. The molecule has 4 saturated carbocycles. The Morgan fingerprint density at radius 1 is 1.09 bits per heavy atom. The monoisotopic (exact) mass is 313 g/mol. The molecule has 0 N–H and O–H groups in total. The Kier molecular flexibility index (Phi) is 3.03. The Bertz CT molecular complexity index is 639. The Hall–Kier alpha value is -1.79. The molecule has 0 atom stereocenters. The molecule has 7 heteroatoms. The number of aromatic nitrogens is 7. The van der Waals surface area contributed by atoms with Crippen LogP contribution in [0.5, 0.6) is 0 Å². The van der Waals surface area contributed by atoms with Crippen molar-refractivity contribution < 1.29 is 0 Å². The summed E-state index contributed by atoms with van der Waals surface area (Å²) in [4.78, 5) is 3.98. The van der Waals surface area contributed by atoms with Gasteiger partial charge < -0.3 is 0 Å². The first-order valence-electron chi connectivity index (χ1n) is 8.85. The first-order chi connectivity index (χ1) is 11.3. The topological polar surface area (TPSA) is 74.3 Å². The zero-order valence-electron chi connectivity index (χ0n) is 13.4. The normalized spacial score (nSPS) is 35.0. The number of hydrogen-bond donors (Lipinski definition) is 0. The maximum absolute atomic E-state index is 4.30. The minimum atomic E-state index is 0.464. The van der Waals surface area contributed by atoms with Crippen LogP contribution in [-0.4, -0.2) is 35.0 Å². The summed E-state index contributed by atoms with van der Waals surface area (Å²) in [6, 6.07) is 0. The zero-order chi connectivity index (χ0) is 15.3. The van der Waals surface area contributed by atoms with Crippen LogP contribution in [0.2, 0.25) is 0 Å². The van der Waals surface area contributed by atoms with Crippen LogP contribution in [0.15, 0.2) is 12.7 Å². The van der Waals surface area contributed by atoms with Crippen molar-refractivity contribution >= 4 is 0 Å². The molecule has 2 aromatic rings. The van der Waals surface area contributed by atoms with Gasteiger partial charge in [-0.25, -0.2) is 9.67 Å². The third kappa shape index (κ3) is 2.46. The molecule has 0 aliphatic heterocycles. The van der Waals surface area contributed by atoms with Crippen LogP contribution >= 0.6 is 0 Å². The SMILES string of the molecule is c1ncn(CCc2nnnn2CC23CC4CC(CC(C4)C2)C3)n1. The van der Waals surface area contributed by atoms with Crippen LogP contribution in [0.1, 0.15) is 44.3 Å². The molecular formula is C16H23N7. The van der Waals surface area contributed by atoms with Gasteiger partial charge in [-0.3, -0.25) is 4.68 Å². The lowest BCUT2D eigenvalue weighted by atomic mass is 9.49. The number of aryl methyl sites for hydroxylation is 2. The predicted octanol–water partition coefficient (Wildman–Crippen LogP) is 1.72. The highest BCUT2D eigenvalue weighted by Crippen LogP contribution is 2.60. The van der Waals surface area contributed by atoms with Crippen molar-refractivity contribution in [2.45, 2.75) is 58.0 Å². The number of nitrogens with zero attached hydrogens (tertiary/aromatic N) is 7. The van der Waals surface area contributed by atoms with Crippen molar-refractivity contribution in [3.8, 4) is 0 Å². The largest absolute Gasteiger partial charge is 0.253 e. The number of tetrazole rings is 1. The molecule has 0 radical (unpaired) electrons. The molecule has 122 valence electrons. The van der Waals surface area contributed by atoms with Gasteiger partial charge in [-0.15, -0.1) is 5.10 Å². The van der Waals surface area contributed by atoms with Gasteiger partial charge in [-0.1, -0.05) is 0 Å². The highest BCUT2D eigenvalue weighted by molar-refractivity contribution is 5.01. The summed E-state index contributed by atoms with van der Waals surface area (Å²) in [5.74, 6) is 3.89. The van der Waals surface area contributed by atoms with Crippen molar-refractivity contribution in [1.82, 2.24) is 35.0 Å². The molecule has 0 unspecified atom stereocenters. The Morgan fingerprint density at radius 3 is 2.48 bits per heavy atom. The van der Waals surface area contributed by atoms with Crippen LogP contribution < -0.4 is 0 Å². The molecule has 7 nitrogen and oxygen atoms in total. The van der Waals surface area contributed by atoms with Gasteiger partial charge in [0.05, 0.1) is 6.54 Å². The maximum atomic E-state index is 4.30. The quantitative estimate of drug-likeness (QED) is 0.840. The fourth-order valence-corrected chi connectivity index (χ4v) is 5.89. The summed E-state index contributed by atoms with van der Waals surface area (Å²) in [5, 5.41) is 16.6. The van der Waals surface area contributed by atoms with Gasteiger partial charge in [0.15, 0.2) is 5.82 Å². The Balaban J connectivity index is 1.32. The second-order valence-electron chi connectivity index (χ2n) is 8.08. The molecule has 4 bridgehead atoms. The van der Waals surface area contributed by atoms with Gasteiger partial charge in [-0.2, -0.15) is 5.10 Å². The molecule has 0 aromatic carbocycles. The van der Waals surface area contributed by atoms with E-state index in [1.807, 2.05) is 4.68 Å². The molecule has 4 fully saturated rings. The van der Waals surface area contributed by atoms with E-state index in [1.54, 1.807) is 12.7 Å². The highest BCUT2D eigenvalue weighted by Gasteiger charge is 2.51. The molecular weight excluding hydrogens is 290 g/mol. The van der Waals surface area contributed by atoms with Crippen molar-refractivity contribution in [3.63, 3.8) is 0 Å². The minimum Gasteiger partial charge on any atom is -0.253 e. The highest BCUT2D eigenvalue weighted by atomic mass is 15.5. The van der Waals surface area contributed by atoms with E-state index in [-0.39, 0.29) is 0 Å². The molecule has 0 amide bonds. The molecule has 23 heavy (non-hydrogen) atoms. The van der Waals surface area contributed by atoms with Crippen LogP contribution in [-0.2, 0) is 19.5 Å². The first-order valence-corrected chi connectivity index (χ1v) is 8.85. The smallest absolute Gasteiger partial charge is 0.153 e. The second kappa shape index (κ2) is 5.11. The van der Waals surface area contributed by atoms with Crippen molar-refractivity contribution in [2.75, 3.05) is 0 Å². The van der Waals surface area contributed by atoms with Crippen LogP contribution in [0.4, 0.5) is 0 Å². The van der Waals surface area contributed by atoms with Crippen LogP contribution in [0, 0.1) is 23.2 Å². The minimum absolute atomic E-state index is 0.464. The summed E-state index contributed by atoms with van der Waals surface area (Å²) in [6.45, 7) is 1.79. The van der Waals surface area contributed by atoms with Crippen LogP contribution in [0.25, 0.3) is 0 Å². The van der Waals surface area contributed by atoms with Crippen LogP contribution in [0.3, 0.4) is 0 Å². The molecule has 4 aliphatic rings. The fourth-order valence-electron chi connectivity index (χ4n) is 5.89. The molecule has 2 aromatic heterocycles. The standard InChI is InChI=1S/C16H23N7/c1(2-22-11-17-10-18-22)15-19-20-21-23(15)9-16-6-12-3-13(7-16)5-14(4-12)8-16/h10-14H,1-9H2. The van der Waals surface area contributed by atoms with E-state index in [0.29, 0.717) is 5.41 Å². The van der Waals surface area contributed by atoms with Gasteiger partial charge in [0.1, 0.15) is 12.7 Å². The van der Waals surface area contributed by atoms with E-state index in [1.165, 1.54) is 38.5 Å². The lowest BCUT2D eigenvalue weighted by molar-refractivity contribution is -0.0641. The van der Waals surface area contributed by atoms with E-state index >= 15 is 0 Å². The van der Waals surface area contributed by atoms with E-state index in [0.717, 1.165) is 43.1 Å². The van der Waals surface area contributed by atoms with Crippen molar-refractivity contribution in [1.29, 1.82) is 0 Å². The van der Waals surface area contributed by atoms with E-state index < -0.39 is 0 Å². The summed E-state index contributed by atoms with van der Waals surface area (Å²) in [7, 11) is 0. The summed E-state index contributed by atoms with van der Waals surface area (Å²) in [6.07, 6.45) is 12.7. The first kappa shape index (κ1) is 13.6. The molecule has 0 spiro atoms. The average molecular weight is 313 g/mol. The Morgan fingerprint density at radius 2 is 1.83 bits per heavy atom. The van der Waals surface area contributed by atoms with Gasteiger partial charge in [-0.05, 0) is 72.1 Å². The Labute approximate surface area is 135 Å². The van der Waals surface area contributed by atoms with E-state index in [4.69, 9.17) is 0 Å². The van der Waals surface area contributed by atoms with Crippen molar-refractivity contribution in [2.24, 2.45) is 23.2 Å². The number of hydrogen-bond acceptors (Lipinski definition) is 5. The molecule has 4 aliphatic carbocycles. The molecule has 0 saturated heterocycles. The summed E-state index contributed by atoms with van der Waals surface area (Å²) < 4.78 is 3.91. The number of rotatable bonds is 5. The lowest BCUT2D eigenvalue weighted by Crippen LogP contribution is -2.48.